The van der Waals surface area contributed by atoms with Gasteiger partial charge in [0.2, 0.25) is 0 Å². The summed E-state index contributed by atoms with van der Waals surface area (Å²) in [6.07, 6.45) is 2.13. The first-order chi connectivity index (χ1) is 16.6. The minimum absolute atomic E-state index is 0.336. The standard InChI is InChI=1S/C30H29NO3/c1-31(20-24-9-4-3-5-10-24)21-25(19-23-15-17-27(18-16-23)30(32)33-2)22-34-29-14-8-12-26-11-6-7-13-28(26)29/h3-19H,20-22H2,1-2H3. The summed E-state index contributed by atoms with van der Waals surface area (Å²) in [5, 5.41) is 2.26. The average Bonchev–Trinajstić information content (AvgIpc) is 2.87. The minimum Gasteiger partial charge on any atom is -0.489 e. The van der Waals surface area contributed by atoms with Crippen molar-refractivity contribution in [2.45, 2.75) is 6.54 Å². The first kappa shape index (κ1) is 23.3. The number of esters is 1. The van der Waals surface area contributed by atoms with Crippen LogP contribution in [0.3, 0.4) is 0 Å². The summed E-state index contributed by atoms with van der Waals surface area (Å²) in [7, 11) is 3.50. The maximum atomic E-state index is 11.8. The molecular weight excluding hydrogens is 422 g/mol. The highest BCUT2D eigenvalue weighted by atomic mass is 16.5. The van der Waals surface area contributed by atoms with Crippen LogP contribution in [0.2, 0.25) is 0 Å². The van der Waals surface area contributed by atoms with Gasteiger partial charge >= 0.3 is 5.97 Å². The summed E-state index contributed by atoms with van der Waals surface area (Å²) in [5.74, 6) is 0.536. The lowest BCUT2D eigenvalue weighted by Crippen LogP contribution is -2.23. The van der Waals surface area contributed by atoms with Gasteiger partial charge in [0.1, 0.15) is 12.4 Å². The first-order valence-electron chi connectivity index (χ1n) is 11.3. The number of fused-ring (bicyclic) bond motifs is 1. The predicted molar refractivity (Wildman–Crippen MR) is 138 cm³/mol. The monoisotopic (exact) mass is 451 g/mol. The van der Waals surface area contributed by atoms with E-state index >= 15 is 0 Å². The quantitative estimate of drug-likeness (QED) is 0.283. The first-order valence-corrected chi connectivity index (χ1v) is 11.3. The Labute approximate surface area is 201 Å². The minimum atomic E-state index is -0.336. The zero-order chi connectivity index (χ0) is 23.8. The average molecular weight is 452 g/mol. The third-order valence-corrected chi connectivity index (χ3v) is 5.63. The fraction of sp³-hybridized carbons (Fsp3) is 0.167. The van der Waals surface area contributed by atoms with Gasteiger partial charge in [-0.25, -0.2) is 4.79 Å². The molecule has 0 N–H and O–H groups in total. The number of carbonyl (C=O) groups is 1. The molecule has 0 spiro atoms. The van der Waals surface area contributed by atoms with Crippen LogP contribution in [0.25, 0.3) is 16.8 Å². The summed E-state index contributed by atoms with van der Waals surface area (Å²) in [6, 6.07) is 32.2. The van der Waals surface area contributed by atoms with Crippen LogP contribution in [0.5, 0.6) is 5.75 Å². The van der Waals surface area contributed by atoms with E-state index in [1.165, 1.54) is 12.7 Å². The van der Waals surface area contributed by atoms with E-state index in [4.69, 9.17) is 9.47 Å². The Hall–Kier alpha value is -3.89. The van der Waals surface area contributed by atoms with Crippen molar-refractivity contribution in [3.63, 3.8) is 0 Å². The van der Waals surface area contributed by atoms with Crippen LogP contribution in [0, 0.1) is 0 Å². The Balaban J connectivity index is 1.55. The van der Waals surface area contributed by atoms with E-state index in [1.807, 2.05) is 42.5 Å². The summed E-state index contributed by atoms with van der Waals surface area (Å²) >= 11 is 0. The molecule has 0 fully saturated rings. The van der Waals surface area contributed by atoms with Gasteiger partial charge in [0.25, 0.3) is 0 Å². The summed E-state index contributed by atoms with van der Waals surface area (Å²) < 4.78 is 11.1. The molecule has 4 rings (SSSR count). The summed E-state index contributed by atoms with van der Waals surface area (Å²) in [6.45, 7) is 2.05. The number of carbonyl (C=O) groups excluding carboxylic acids is 1. The van der Waals surface area contributed by atoms with Crippen molar-refractivity contribution in [3.8, 4) is 5.75 Å². The maximum absolute atomic E-state index is 11.8. The summed E-state index contributed by atoms with van der Waals surface area (Å²) in [4.78, 5) is 14.0. The molecule has 0 saturated carbocycles. The van der Waals surface area contributed by atoms with Crippen LogP contribution in [0.15, 0.2) is 103 Å². The molecule has 0 atom stereocenters. The molecule has 0 aliphatic rings. The number of likely N-dealkylation sites (N-methyl/N-ethyl adjacent to an activating group) is 1. The smallest absolute Gasteiger partial charge is 0.337 e. The van der Waals surface area contributed by atoms with E-state index in [0.717, 1.165) is 40.7 Å². The second-order valence-corrected chi connectivity index (χ2v) is 8.34. The molecule has 0 radical (unpaired) electrons. The number of hydrogen-bond acceptors (Lipinski definition) is 4. The second kappa shape index (κ2) is 11.3. The number of ether oxygens (including phenoxy) is 2. The SMILES string of the molecule is COC(=O)c1ccc(C=C(COc2cccc3ccccc23)CN(C)Cc2ccccc2)cc1. The van der Waals surface area contributed by atoms with Gasteiger partial charge in [-0.2, -0.15) is 0 Å². The third kappa shape index (κ3) is 6.12. The van der Waals surface area contributed by atoms with Gasteiger partial charge in [0.05, 0.1) is 12.7 Å². The fourth-order valence-corrected chi connectivity index (χ4v) is 3.99. The normalized spacial score (nSPS) is 11.6. The van der Waals surface area contributed by atoms with Gasteiger partial charge in [-0.15, -0.1) is 0 Å². The molecule has 0 unspecified atom stereocenters. The van der Waals surface area contributed by atoms with Crippen molar-refractivity contribution in [1.82, 2.24) is 4.90 Å². The highest BCUT2D eigenvalue weighted by Crippen LogP contribution is 2.26. The highest BCUT2D eigenvalue weighted by Gasteiger charge is 2.09. The number of methoxy groups -OCH3 is 1. The molecule has 0 heterocycles. The van der Waals surface area contributed by atoms with Crippen LogP contribution in [-0.2, 0) is 11.3 Å². The zero-order valence-electron chi connectivity index (χ0n) is 19.6. The van der Waals surface area contributed by atoms with Crippen LogP contribution < -0.4 is 4.74 Å². The zero-order valence-corrected chi connectivity index (χ0v) is 19.6. The van der Waals surface area contributed by atoms with Crippen molar-refractivity contribution in [1.29, 1.82) is 0 Å². The molecule has 4 heteroatoms. The maximum Gasteiger partial charge on any atom is 0.337 e. The van der Waals surface area contributed by atoms with Crippen LogP contribution in [0.4, 0.5) is 0 Å². The van der Waals surface area contributed by atoms with Gasteiger partial charge in [-0.3, -0.25) is 4.90 Å². The Bertz CT molecular complexity index is 1260. The highest BCUT2D eigenvalue weighted by molar-refractivity contribution is 5.89. The van der Waals surface area contributed by atoms with Gasteiger partial charge in [-0.1, -0.05) is 84.9 Å². The molecule has 0 aliphatic carbocycles. The molecule has 4 aromatic rings. The topological polar surface area (TPSA) is 38.8 Å². The number of nitrogens with zero attached hydrogens (tertiary/aromatic N) is 1. The number of rotatable bonds is 9. The van der Waals surface area contributed by atoms with E-state index in [-0.39, 0.29) is 5.97 Å². The van der Waals surface area contributed by atoms with E-state index < -0.39 is 0 Å². The molecule has 0 aliphatic heterocycles. The Kier molecular flexibility index (Phi) is 7.74. The summed E-state index contributed by atoms with van der Waals surface area (Å²) in [5.41, 5.74) is 3.95. The number of hydrogen-bond donors (Lipinski definition) is 0. The predicted octanol–water partition coefficient (Wildman–Crippen LogP) is 6.22. The Morgan fingerprint density at radius 1 is 0.853 bits per heavy atom. The van der Waals surface area contributed by atoms with Gasteiger partial charge in [0, 0.05) is 18.5 Å². The van der Waals surface area contributed by atoms with Crippen molar-refractivity contribution in [3.05, 3.63) is 119 Å². The van der Waals surface area contributed by atoms with Crippen molar-refractivity contribution in [2.24, 2.45) is 0 Å². The lowest BCUT2D eigenvalue weighted by Gasteiger charge is -2.20. The van der Waals surface area contributed by atoms with Crippen molar-refractivity contribution < 1.29 is 14.3 Å². The van der Waals surface area contributed by atoms with Crippen LogP contribution in [0.1, 0.15) is 21.5 Å². The van der Waals surface area contributed by atoms with Gasteiger partial charge < -0.3 is 9.47 Å². The van der Waals surface area contributed by atoms with Gasteiger partial charge in [-0.05, 0) is 47.3 Å². The van der Waals surface area contributed by atoms with Crippen LogP contribution in [-0.4, -0.2) is 38.2 Å². The molecule has 34 heavy (non-hydrogen) atoms. The molecule has 0 saturated heterocycles. The van der Waals surface area contributed by atoms with Gasteiger partial charge in [0.15, 0.2) is 0 Å². The van der Waals surface area contributed by atoms with Crippen molar-refractivity contribution in [2.75, 3.05) is 27.3 Å². The Morgan fingerprint density at radius 3 is 2.32 bits per heavy atom. The largest absolute Gasteiger partial charge is 0.489 e. The fourth-order valence-electron chi connectivity index (χ4n) is 3.99. The Morgan fingerprint density at radius 2 is 1.56 bits per heavy atom. The molecule has 0 aromatic heterocycles. The number of benzene rings is 4. The van der Waals surface area contributed by atoms with Crippen LogP contribution >= 0.6 is 0 Å². The molecule has 0 bridgehead atoms. The lowest BCUT2D eigenvalue weighted by molar-refractivity contribution is 0.0600. The molecule has 4 aromatic carbocycles. The van der Waals surface area contributed by atoms with E-state index in [0.29, 0.717) is 12.2 Å². The molecule has 4 nitrogen and oxygen atoms in total. The van der Waals surface area contributed by atoms with E-state index in [1.54, 1.807) is 12.1 Å². The second-order valence-electron chi connectivity index (χ2n) is 8.34. The molecule has 172 valence electrons. The van der Waals surface area contributed by atoms with E-state index in [2.05, 4.69) is 60.5 Å². The molecule has 0 amide bonds. The third-order valence-electron chi connectivity index (χ3n) is 5.63. The van der Waals surface area contributed by atoms with E-state index in [9.17, 15) is 4.79 Å². The molecular formula is C30H29NO3. The van der Waals surface area contributed by atoms with Crippen molar-refractivity contribution >= 4 is 22.8 Å². The lowest BCUT2D eigenvalue weighted by atomic mass is 10.1.